The quantitative estimate of drug-likeness (QED) is 0.627. The van der Waals surface area contributed by atoms with Gasteiger partial charge < -0.3 is 15.1 Å². The van der Waals surface area contributed by atoms with E-state index in [2.05, 4.69) is 5.32 Å². The third kappa shape index (κ3) is 5.46. The maximum atomic E-state index is 12.7. The van der Waals surface area contributed by atoms with Crippen LogP contribution in [0.25, 0.3) is 0 Å². The minimum atomic E-state index is -4.44. The van der Waals surface area contributed by atoms with Crippen molar-refractivity contribution in [1.29, 1.82) is 0 Å². The lowest BCUT2D eigenvalue weighted by Gasteiger charge is -2.27. The molecule has 10 heteroatoms. The van der Waals surface area contributed by atoms with Gasteiger partial charge in [-0.3, -0.25) is 4.79 Å². The number of likely N-dealkylation sites (N-methyl/N-ethyl adjacent to an activating group) is 1. The molecule has 1 saturated heterocycles. The summed E-state index contributed by atoms with van der Waals surface area (Å²) < 4.78 is 38.0. The number of nitrogens with zero attached hydrogens (tertiary/aromatic N) is 2. The first kappa shape index (κ1) is 23.3. The standard InChI is InChI=1S/C21H21ClF3N3O2S/c1-13-18(29)28(19(31-13)16-5-3-4-6-17(16)22)12-11-27(2)20(30)26-15-9-7-14(8-10-15)21(23,24)25/h3-10,13,19H,11-12H2,1-2H3,(H,26,30). The fourth-order valence-corrected chi connectivity index (χ4v) is 4.79. The van der Waals surface area contributed by atoms with Crippen molar-refractivity contribution in [1.82, 2.24) is 9.80 Å². The van der Waals surface area contributed by atoms with E-state index in [1.807, 2.05) is 25.1 Å². The Kier molecular flexibility index (Phi) is 7.06. The molecule has 2 aromatic rings. The molecule has 0 aliphatic carbocycles. The van der Waals surface area contributed by atoms with Crippen LogP contribution in [-0.2, 0) is 11.0 Å². The molecule has 166 valence electrons. The van der Waals surface area contributed by atoms with Crippen LogP contribution in [0.4, 0.5) is 23.7 Å². The van der Waals surface area contributed by atoms with Crippen LogP contribution in [-0.4, -0.2) is 47.1 Å². The number of alkyl halides is 3. The zero-order valence-electron chi connectivity index (χ0n) is 16.8. The minimum Gasteiger partial charge on any atom is -0.326 e. The normalized spacial score (nSPS) is 18.9. The fraction of sp³-hybridized carbons (Fsp3) is 0.333. The van der Waals surface area contributed by atoms with E-state index in [9.17, 15) is 22.8 Å². The van der Waals surface area contributed by atoms with E-state index in [1.54, 1.807) is 18.0 Å². The molecule has 1 fully saturated rings. The van der Waals surface area contributed by atoms with E-state index < -0.39 is 17.8 Å². The maximum Gasteiger partial charge on any atom is 0.416 e. The molecule has 1 heterocycles. The number of carbonyl (C=O) groups is 2. The second-order valence-electron chi connectivity index (χ2n) is 7.11. The van der Waals surface area contributed by atoms with Gasteiger partial charge in [-0.05, 0) is 37.3 Å². The molecule has 0 saturated carbocycles. The monoisotopic (exact) mass is 471 g/mol. The lowest BCUT2D eigenvalue weighted by atomic mass is 10.2. The molecular weight excluding hydrogens is 451 g/mol. The molecule has 0 spiro atoms. The number of hydrogen-bond donors (Lipinski definition) is 1. The smallest absolute Gasteiger partial charge is 0.326 e. The van der Waals surface area contributed by atoms with Crippen molar-refractivity contribution in [3.8, 4) is 0 Å². The number of urea groups is 1. The van der Waals surface area contributed by atoms with Gasteiger partial charge in [0.05, 0.1) is 10.8 Å². The van der Waals surface area contributed by atoms with Gasteiger partial charge in [-0.2, -0.15) is 13.2 Å². The van der Waals surface area contributed by atoms with Crippen molar-refractivity contribution >= 4 is 41.0 Å². The van der Waals surface area contributed by atoms with Crippen molar-refractivity contribution < 1.29 is 22.8 Å². The van der Waals surface area contributed by atoms with Crippen molar-refractivity contribution in [3.05, 3.63) is 64.7 Å². The highest BCUT2D eigenvalue weighted by Crippen LogP contribution is 2.44. The summed E-state index contributed by atoms with van der Waals surface area (Å²) in [5.41, 5.74) is 0.299. The van der Waals surface area contributed by atoms with E-state index in [-0.39, 0.29) is 28.8 Å². The number of thioether (sulfide) groups is 1. The Labute approximate surface area is 187 Å². The number of nitrogens with one attached hydrogen (secondary N) is 1. The van der Waals surface area contributed by atoms with E-state index in [0.717, 1.165) is 17.7 Å². The number of halogens is 4. The fourth-order valence-electron chi connectivity index (χ4n) is 3.14. The van der Waals surface area contributed by atoms with Gasteiger partial charge in [0.15, 0.2) is 0 Å². The van der Waals surface area contributed by atoms with Crippen LogP contribution in [0.15, 0.2) is 48.5 Å². The molecule has 0 bridgehead atoms. The van der Waals surface area contributed by atoms with Gasteiger partial charge in [0.1, 0.15) is 5.37 Å². The first-order chi connectivity index (χ1) is 14.6. The molecule has 1 aliphatic rings. The number of amides is 3. The zero-order valence-corrected chi connectivity index (χ0v) is 18.4. The van der Waals surface area contributed by atoms with Crippen molar-refractivity contribution in [2.45, 2.75) is 23.7 Å². The largest absolute Gasteiger partial charge is 0.416 e. The molecule has 2 aromatic carbocycles. The SMILES string of the molecule is CC1SC(c2ccccc2Cl)N(CCN(C)C(=O)Nc2ccc(C(F)(F)F)cc2)C1=O. The molecule has 1 N–H and O–H groups in total. The summed E-state index contributed by atoms with van der Waals surface area (Å²) in [5.74, 6) is -0.0357. The molecule has 5 nitrogen and oxygen atoms in total. The van der Waals surface area contributed by atoms with Gasteiger partial charge in [-0.1, -0.05) is 29.8 Å². The number of anilines is 1. The van der Waals surface area contributed by atoms with E-state index in [1.165, 1.54) is 28.8 Å². The Morgan fingerprint density at radius 3 is 2.45 bits per heavy atom. The predicted octanol–water partition coefficient (Wildman–Crippen LogP) is 5.49. The summed E-state index contributed by atoms with van der Waals surface area (Å²) >= 11 is 7.81. The van der Waals surface area contributed by atoms with Gasteiger partial charge in [0.25, 0.3) is 0 Å². The second-order valence-corrected chi connectivity index (χ2v) is 8.94. The average molecular weight is 472 g/mol. The maximum absolute atomic E-state index is 12.7. The summed E-state index contributed by atoms with van der Waals surface area (Å²) in [6.07, 6.45) is -4.44. The van der Waals surface area contributed by atoms with Gasteiger partial charge in [-0.25, -0.2) is 4.79 Å². The highest BCUT2D eigenvalue weighted by atomic mass is 35.5. The van der Waals surface area contributed by atoms with Gasteiger partial charge in [0.2, 0.25) is 5.91 Å². The average Bonchev–Trinajstić information content (AvgIpc) is 3.00. The van der Waals surface area contributed by atoms with Crippen LogP contribution >= 0.6 is 23.4 Å². The summed E-state index contributed by atoms with van der Waals surface area (Å²) in [7, 11) is 1.56. The molecule has 3 rings (SSSR count). The molecule has 31 heavy (non-hydrogen) atoms. The molecule has 2 atom stereocenters. The summed E-state index contributed by atoms with van der Waals surface area (Å²) in [6.45, 7) is 2.37. The number of hydrogen-bond acceptors (Lipinski definition) is 3. The predicted molar refractivity (Wildman–Crippen MR) is 116 cm³/mol. The summed E-state index contributed by atoms with van der Waals surface area (Å²) in [6, 6.07) is 11.1. The molecule has 0 radical (unpaired) electrons. The van der Waals surface area contributed by atoms with Gasteiger partial charge >= 0.3 is 12.2 Å². The third-order valence-electron chi connectivity index (χ3n) is 4.90. The van der Waals surface area contributed by atoms with Gasteiger partial charge in [-0.15, -0.1) is 11.8 Å². The first-order valence-corrected chi connectivity index (χ1v) is 10.8. The third-order valence-corrected chi connectivity index (χ3v) is 6.63. The van der Waals surface area contributed by atoms with E-state index in [4.69, 9.17) is 11.6 Å². The van der Waals surface area contributed by atoms with Crippen LogP contribution < -0.4 is 5.32 Å². The Hall–Kier alpha value is -2.39. The van der Waals surface area contributed by atoms with Crippen molar-refractivity contribution in [2.24, 2.45) is 0 Å². The molecule has 2 unspecified atom stereocenters. The van der Waals surface area contributed by atoms with E-state index >= 15 is 0 Å². The highest BCUT2D eigenvalue weighted by Gasteiger charge is 2.39. The lowest BCUT2D eigenvalue weighted by Crippen LogP contribution is -2.40. The number of carbonyl (C=O) groups excluding carboxylic acids is 2. The minimum absolute atomic E-state index is 0.0357. The molecule has 1 aliphatic heterocycles. The zero-order chi connectivity index (χ0) is 22.8. The van der Waals surface area contributed by atoms with Crippen LogP contribution in [0, 0.1) is 0 Å². The van der Waals surface area contributed by atoms with Crippen LogP contribution in [0.5, 0.6) is 0 Å². The molecule has 3 amide bonds. The highest BCUT2D eigenvalue weighted by molar-refractivity contribution is 8.01. The van der Waals surface area contributed by atoms with Crippen LogP contribution in [0.2, 0.25) is 5.02 Å². The number of benzene rings is 2. The van der Waals surface area contributed by atoms with Crippen molar-refractivity contribution in [2.75, 3.05) is 25.5 Å². The van der Waals surface area contributed by atoms with Crippen molar-refractivity contribution in [3.63, 3.8) is 0 Å². The Balaban J connectivity index is 1.62. The Bertz CT molecular complexity index is 956. The topological polar surface area (TPSA) is 52.6 Å². The summed E-state index contributed by atoms with van der Waals surface area (Å²) in [5, 5.41) is 2.65. The number of rotatable bonds is 5. The lowest BCUT2D eigenvalue weighted by molar-refractivity contribution is -0.137. The first-order valence-electron chi connectivity index (χ1n) is 9.47. The molecular formula is C21H21ClF3N3O2S. The second kappa shape index (κ2) is 9.40. The molecule has 0 aromatic heterocycles. The van der Waals surface area contributed by atoms with Gasteiger partial charge in [0, 0.05) is 36.4 Å². The Morgan fingerprint density at radius 2 is 1.84 bits per heavy atom. The van der Waals surface area contributed by atoms with Crippen LogP contribution in [0.3, 0.4) is 0 Å². The van der Waals surface area contributed by atoms with E-state index in [0.29, 0.717) is 11.6 Å². The Morgan fingerprint density at radius 1 is 1.19 bits per heavy atom. The van der Waals surface area contributed by atoms with Crippen LogP contribution in [0.1, 0.15) is 23.4 Å². The summed E-state index contributed by atoms with van der Waals surface area (Å²) in [4.78, 5) is 28.1.